The van der Waals surface area contributed by atoms with Gasteiger partial charge >= 0.3 is 0 Å². The van der Waals surface area contributed by atoms with Crippen molar-refractivity contribution in [1.29, 1.82) is 0 Å². The number of amides is 2. The van der Waals surface area contributed by atoms with Crippen LogP contribution in [0.1, 0.15) is 69.8 Å². The van der Waals surface area contributed by atoms with E-state index in [9.17, 15) is 14.0 Å². The molecule has 5 rings (SSSR count). The lowest BCUT2D eigenvalue weighted by Crippen LogP contribution is -2.41. The van der Waals surface area contributed by atoms with E-state index in [0.717, 1.165) is 49.3 Å². The molecule has 7 nitrogen and oxygen atoms in total. The van der Waals surface area contributed by atoms with Gasteiger partial charge in [-0.3, -0.25) is 19.5 Å². The van der Waals surface area contributed by atoms with E-state index in [-0.39, 0.29) is 30.4 Å². The second-order valence-corrected chi connectivity index (χ2v) is 12.5. The topological polar surface area (TPSA) is 80.2 Å². The summed E-state index contributed by atoms with van der Waals surface area (Å²) in [5.41, 5.74) is 1.25. The lowest BCUT2D eigenvalue weighted by Gasteiger charge is -2.31. The summed E-state index contributed by atoms with van der Waals surface area (Å²) >= 11 is 5.02. The lowest BCUT2D eigenvalue weighted by atomic mass is 9.94. The maximum Gasteiger partial charge on any atom is 0.266 e. The minimum Gasteiger partial charge on any atom is -0.493 e. The first kappa shape index (κ1) is 29.6. The van der Waals surface area contributed by atoms with E-state index in [1.165, 1.54) is 68.8 Å². The van der Waals surface area contributed by atoms with Gasteiger partial charge in [0, 0.05) is 11.7 Å². The number of amidine groups is 1. The van der Waals surface area contributed by atoms with Crippen LogP contribution in [0, 0.1) is 5.82 Å². The summed E-state index contributed by atoms with van der Waals surface area (Å²) < 4.78 is 25.1. The van der Waals surface area contributed by atoms with E-state index in [1.54, 1.807) is 6.07 Å². The van der Waals surface area contributed by atoms with Crippen molar-refractivity contribution in [3.63, 3.8) is 0 Å². The van der Waals surface area contributed by atoms with Crippen LogP contribution in [0.25, 0.3) is 6.08 Å². The molecule has 2 aliphatic carbocycles. The van der Waals surface area contributed by atoms with Crippen molar-refractivity contribution in [2.45, 2.75) is 76.3 Å². The minimum atomic E-state index is -0.391. The van der Waals surface area contributed by atoms with Crippen LogP contribution in [0.5, 0.6) is 11.5 Å². The summed E-state index contributed by atoms with van der Waals surface area (Å²) in [7, 11) is 1.53. The Balaban J connectivity index is 1.33. The van der Waals surface area contributed by atoms with E-state index in [2.05, 4.69) is 21.2 Å². The van der Waals surface area contributed by atoms with Crippen molar-refractivity contribution < 1.29 is 23.5 Å². The number of anilines is 1. The second kappa shape index (κ2) is 13.9. The molecule has 0 spiro atoms. The second-order valence-electron chi connectivity index (χ2n) is 10.7. The van der Waals surface area contributed by atoms with Crippen LogP contribution < -0.4 is 14.8 Å². The number of carbonyl (C=O) groups is 2. The largest absolute Gasteiger partial charge is 0.493 e. The fourth-order valence-electron chi connectivity index (χ4n) is 5.59. The number of methoxy groups -OCH3 is 1. The van der Waals surface area contributed by atoms with Crippen molar-refractivity contribution in [2.75, 3.05) is 19.0 Å². The standard InChI is InChI=1S/C31H35BrFN3O4S/c1-39-26-17-20(16-25(32)29(26)40-19-28(37)34-23-14-12-21(33)13-15-23)18-27-30(38)36(24-10-6-3-7-11-24)31(41-27)35-22-8-4-2-5-9-22/h12-18,22,24H,2-11,19H2,1H3,(H,34,37). The van der Waals surface area contributed by atoms with Crippen molar-refractivity contribution in [2.24, 2.45) is 4.99 Å². The summed E-state index contributed by atoms with van der Waals surface area (Å²) in [4.78, 5) is 33.9. The number of hydrogen-bond acceptors (Lipinski definition) is 6. The predicted molar refractivity (Wildman–Crippen MR) is 165 cm³/mol. The number of hydrogen-bond donors (Lipinski definition) is 1. The first-order chi connectivity index (χ1) is 19.9. The Kier molecular flexibility index (Phi) is 10.0. The van der Waals surface area contributed by atoms with E-state index >= 15 is 0 Å². The maximum atomic E-state index is 13.7. The van der Waals surface area contributed by atoms with Gasteiger partial charge in [0.2, 0.25) is 0 Å². The molecule has 0 radical (unpaired) electrons. The number of thioether (sulfide) groups is 1. The van der Waals surface area contributed by atoms with Crippen LogP contribution in [0.3, 0.4) is 0 Å². The molecule has 0 atom stereocenters. The van der Waals surface area contributed by atoms with Crippen molar-refractivity contribution >= 4 is 56.4 Å². The lowest BCUT2D eigenvalue weighted by molar-refractivity contribution is -0.124. The van der Waals surface area contributed by atoms with Gasteiger partial charge in [0.25, 0.3) is 11.8 Å². The van der Waals surface area contributed by atoms with Crippen LogP contribution in [-0.2, 0) is 9.59 Å². The van der Waals surface area contributed by atoms with Gasteiger partial charge in [-0.1, -0.05) is 38.5 Å². The molecule has 2 aromatic rings. The Labute approximate surface area is 253 Å². The summed E-state index contributed by atoms with van der Waals surface area (Å²) in [6.45, 7) is -0.265. The monoisotopic (exact) mass is 643 g/mol. The summed E-state index contributed by atoms with van der Waals surface area (Å²) in [6.07, 6.45) is 13.2. The van der Waals surface area contributed by atoms with Crippen LogP contribution in [-0.4, -0.2) is 47.7 Å². The van der Waals surface area contributed by atoms with Gasteiger partial charge in [-0.25, -0.2) is 4.39 Å². The SMILES string of the molecule is COc1cc(C=C2SC(=NC3CCCCC3)N(C3CCCCC3)C2=O)cc(Br)c1OCC(=O)Nc1ccc(F)cc1. The highest BCUT2D eigenvalue weighted by molar-refractivity contribution is 9.10. The molecule has 10 heteroatoms. The average molecular weight is 645 g/mol. The van der Waals surface area contributed by atoms with Gasteiger partial charge in [0.15, 0.2) is 23.3 Å². The van der Waals surface area contributed by atoms with E-state index in [4.69, 9.17) is 14.5 Å². The highest BCUT2D eigenvalue weighted by Gasteiger charge is 2.39. The van der Waals surface area contributed by atoms with Crippen molar-refractivity contribution in [3.05, 3.63) is 57.2 Å². The zero-order chi connectivity index (χ0) is 28.8. The third kappa shape index (κ3) is 7.52. The molecule has 41 heavy (non-hydrogen) atoms. The van der Waals surface area contributed by atoms with Crippen LogP contribution in [0.2, 0.25) is 0 Å². The zero-order valence-electron chi connectivity index (χ0n) is 23.2. The van der Waals surface area contributed by atoms with Gasteiger partial charge in [0.05, 0.1) is 22.5 Å². The molecule has 1 heterocycles. The van der Waals surface area contributed by atoms with Gasteiger partial charge in [0.1, 0.15) is 5.82 Å². The molecular weight excluding hydrogens is 609 g/mol. The molecular formula is C31H35BrFN3O4S. The Bertz CT molecular complexity index is 1320. The molecule has 0 unspecified atom stereocenters. The molecule has 2 amide bonds. The Morgan fingerprint density at radius 2 is 1.78 bits per heavy atom. The molecule has 2 saturated carbocycles. The number of halogens is 2. The quantitative estimate of drug-likeness (QED) is 0.300. The third-order valence-corrected chi connectivity index (χ3v) is 9.26. The maximum absolute atomic E-state index is 13.7. The minimum absolute atomic E-state index is 0.0179. The van der Waals surface area contributed by atoms with E-state index < -0.39 is 5.91 Å². The molecule has 1 N–H and O–H groups in total. The molecule has 218 valence electrons. The van der Waals surface area contributed by atoms with Gasteiger partial charge in [-0.15, -0.1) is 0 Å². The average Bonchev–Trinajstić information content (AvgIpc) is 3.28. The van der Waals surface area contributed by atoms with Gasteiger partial charge < -0.3 is 14.8 Å². The first-order valence-corrected chi connectivity index (χ1v) is 15.9. The molecule has 0 bridgehead atoms. The fourth-order valence-corrected chi connectivity index (χ4v) is 7.27. The van der Waals surface area contributed by atoms with Crippen molar-refractivity contribution in [1.82, 2.24) is 4.90 Å². The normalized spacial score (nSPS) is 20.6. The van der Waals surface area contributed by atoms with Gasteiger partial charge in [-0.05, 0) is 101 Å². The summed E-state index contributed by atoms with van der Waals surface area (Å²) in [5.74, 6) is 0.0471. The predicted octanol–water partition coefficient (Wildman–Crippen LogP) is 7.55. The first-order valence-electron chi connectivity index (χ1n) is 14.3. The Hall–Kier alpha value is -2.85. The number of nitrogens with zero attached hydrogens (tertiary/aromatic N) is 2. The fraction of sp³-hybridized carbons (Fsp3) is 0.452. The number of aliphatic imine (C=N–C) groups is 1. The number of nitrogens with one attached hydrogen (secondary N) is 1. The van der Waals surface area contributed by atoms with Crippen LogP contribution in [0.15, 0.2) is 50.8 Å². The Morgan fingerprint density at radius 1 is 1.10 bits per heavy atom. The van der Waals surface area contributed by atoms with E-state index in [0.29, 0.717) is 26.6 Å². The summed E-state index contributed by atoms with van der Waals surface area (Å²) in [5, 5.41) is 3.52. The highest BCUT2D eigenvalue weighted by atomic mass is 79.9. The number of ether oxygens (including phenoxy) is 2. The Morgan fingerprint density at radius 3 is 2.46 bits per heavy atom. The number of rotatable bonds is 8. The molecule has 0 aromatic heterocycles. The van der Waals surface area contributed by atoms with Crippen LogP contribution >= 0.6 is 27.7 Å². The van der Waals surface area contributed by atoms with Crippen molar-refractivity contribution in [3.8, 4) is 11.5 Å². The molecule has 3 aliphatic rings. The highest BCUT2D eigenvalue weighted by Crippen LogP contribution is 2.41. The van der Waals surface area contributed by atoms with Crippen LogP contribution in [0.4, 0.5) is 10.1 Å². The molecule has 1 aliphatic heterocycles. The number of carbonyl (C=O) groups excluding carboxylic acids is 2. The van der Waals surface area contributed by atoms with Gasteiger partial charge in [-0.2, -0.15) is 0 Å². The molecule has 2 aromatic carbocycles. The zero-order valence-corrected chi connectivity index (χ0v) is 25.6. The third-order valence-electron chi connectivity index (χ3n) is 7.67. The number of benzene rings is 2. The smallest absolute Gasteiger partial charge is 0.266 e. The molecule has 3 fully saturated rings. The van der Waals surface area contributed by atoms with E-state index in [1.807, 2.05) is 17.0 Å². The summed E-state index contributed by atoms with van der Waals surface area (Å²) in [6, 6.07) is 9.64. The molecule has 1 saturated heterocycles.